The van der Waals surface area contributed by atoms with E-state index in [-0.39, 0.29) is 24.7 Å². The first-order valence-electron chi connectivity index (χ1n) is 10.9. The Morgan fingerprint density at radius 1 is 0.968 bits per heavy atom. The van der Waals surface area contributed by atoms with Crippen LogP contribution in [0.4, 0.5) is 0 Å². The fourth-order valence-corrected chi connectivity index (χ4v) is 2.78. The average molecular weight is 438 g/mol. The van der Waals surface area contributed by atoms with Crippen molar-refractivity contribution >= 4 is 23.5 Å². The monoisotopic (exact) mass is 437 g/mol. The van der Waals surface area contributed by atoms with E-state index in [1.165, 1.54) is 6.08 Å². The number of nitrogens with one attached hydrogen (secondary N) is 4. The first kappa shape index (κ1) is 28.2. The molecule has 9 nitrogen and oxygen atoms in total. The average Bonchev–Trinajstić information content (AvgIpc) is 2.75. The van der Waals surface area contributed by atoms with E-state index in [2.05, 4.69) is 34.4 Å². The first-order valence-corrected chi connectivity index (χ1v) is 10.9. The number of unbranched alkanes of at least 4 members (excludes halogenated alkanes) is 1. The molecule has 3 atom stereocenters. The number of carbonyl (C=O) groups excluding carboxylic acids is 4. The minimum atomic E-state index is -0.707. The number of ketones is 1. The van der Waals surface area contributed by atoms with Crippen LogP contribution in [0.5, 0.6) is 0 Å². The Kier molecular flexibility index (Phi) is 14.5. The molecule has 1 unspecified atom stereocenters. The molecular weight excluding hydrogens is 398 g/mol. The summed E-state index contributed by atoms with van der Waals surface area (Å²) in [5.41, 5.74) is 5.46. The zero-order valence-electron chi connectivity index (χ0n) is 19.1. The smallest absolute Gasteiger partial charge is 0.243 e. The molecule has 0 aliphatic rings. The highest BCUT2D eigenvalue weighted by atomic mass is 16.2. The molecule has 0 rings (SSSR count). The van der Waals surface area contributed by atoms with Gasteiger partial charge in [0.25, 0.3) is 0 Å². The van der Waals surface area contributed by atoms with Gasteiger partial charge in [0.2, 0.25) is 17.7 Å². The van der Waals surface area contributed by atoms with Crippen molar-refractivity contribution in [3.05, 3.63) is 25.1 Å². The van der Waals surface area contributed by atoms with Gasteiger partial charge in [-0.25, -0.2) is 0 Å². The highest BCUT2D eigenvalue weighted by Crippen LogP contribution is 2.08. The lowest BCUT2D eigenvalue weighted by Crippen LogP contribution is -2.51. The molecule has 9 heteroatoms. The van der Waals surface area contributed by atoms with Crippen LogP contribution in [0.1, 0.15) is 59.3 Å². The molecule has 0 bridgehead atoms. The third-order valence-electron chi connectivity index (χ3n) is 4.74. The highest BCUT2D eigenvalue weighted by molar-refractivity contribution is 5.94. The van der Waals surface area contributed by atoms with Crippen LogP contribution in [0.15, 0.2) is 25.1 Å². The predicted octanol–water partition coefficient (Wildman–Crippen LogP) is 0.863. The summed E-state index contributed by atoms with van der Waals surface area (Å²) in [6, 6.07) is -1.39. The lowest BCUT2D eigenvalue weighted by atomic mass is 9.96. The Morgan fingerprint density at radius 3 is 2.13 bits per heavy atom. The van der Waals surface area contributed by atoms with Crippen molar-refractivity contribution in [2.45, 2.75) is 71.4 Å². The second kappa shape index (κ2) is 15.9. The maximum absolute atomic E-state index is 12.6. The van der Waals surface area contributed by atoms with Crippen molar-refractivity contribution in [1.82, 2.24) is 21.3 Å². The summed E-state index contributed by atoms with van der Waals surface area (Å²) in [6.07, 6.45) is 4.94. The maximum Gasteiger partial charge on any atom is 0.243 e. The maximum atomic E-state index is 12.6. The molecule has 0 fully saturated rings. The van der Waals surface area contributed by atoms with Crippen molar-refractivity contribution in [1.29, 1.82) is 0 Å². The minimum absolute atomic E-state index is 0.155. The van der Waals surface area contributed by atoms with Gasteiger partial charge in [0.15, 0.2) is 5.78 Å². The standard InChI is InChI=1S/C22H39N5O4/c1-6-9-11-18(27-19(28)8-3)22(31)25-14-20(29)26-17(21(30)15(4)7-2)12-10-13-24-16(5)23/h7,15,17-18,24H,2,5-6,8-14,23H2,1,3-4H3,(H,25,31)(H,26,29)(H,27,28)/t15?,17-,18-/m1/s1. The van der Waals surface area contributed by atoms with Crippen molar-refractivity contribution < 1.29 is 19.2 Å². The van der Waals surface area contributed by atoms with Crippen LogP contribution in [-0.2, 0) is 19.2 Å². The molecule has 0 aromatic carbocycles. The number of rotatable bonds is 17. The zero-order valence-corrected chi connectivity index (χ0v) is 19.1. The molecule has 0 saturated carbocycles. The molecule has 3 amide bonds. The number of hydrogen-bond donors (Lipinski definition) is 5. The molecular formula is C22H39N5O4. The quantitative estimate of drug-likeness (QED) is 0.169. The summed E-state index contributed by atoms with van der Waals surface area (Å²) in [6.45, 7) is 12.8. The normalized spacial score (nSPS) is 13.3. The van der Waals surface area contributed by atoms with Crippen molar-refractivity contribution in [2.75, 3.05) is 13.1 Å². The van der Waals surface area contributed by atoms with Crippen molar-refractivity contribution in [3.8, 4) is 0 Å². The van der Waals surface area contributed by atoms with Gasteiger partial charge in [-0.2, -0.15) is 0 Å². The Bertz CT molecular complexity index is 635. The molecule has 0 spiro atoms. The number of nitrogens with two attached hydrogens (primary N) is 1. The molecule has 31 heavy (non-hydrogen) atoms. The summed E-state index contributed by atoms with van der Waals surface area (Å²) in [5, 5.41) is 10.8. The van der Waals surface area contributed by atoms with E-state index in [0.29, 0.717) is 31.6 Å². The van der Waals surface area contributed by atoms with Gasteiger partial charge in [-0.15, -0.1) is 6.58 Å². The molecule has 176 valence electrons. The third-order valence-corrected chi connectivity index (χ3v) is 4.74. The van der Waals surface area contributed by atoms with Gasteiger partial charge in [-0.3, -0.25) is 19.2 Å². The van der Waals surface area contributed by atoms with Crippen LogP contribution in [0.25, 0.3) is 0 Å². The lowest BCUT2D eigenvalue weighted by molar-refractivity contribution is -0.131. The molecule has 0 radical (unpaired) electrons. The van der Waals surface area contributed by atoms with Gasteiger partial charge in [0.1, 0.15) is 6.04 Å². The Balaban J connectivity index is 4.86. The van der Waals surface area contributed by atoms with E-state index < -0.39 is 29.8 Å². The van der Waals surface area contributed by atoms with Crippen LogP contribution < -0.4 is 27.0 Å². The van der Waals surface area contributed by atoms with Crippen LogP contribution in [0.3, 0.4) is 0 Å². The summed E-state index contributed by atoms with van der Waals surface area (Å²) < 4.78 is 0. The fraction of sp³-hybridized carbons (Fsp3) is 0.636. The molecule has 0 aromatic rings. The van der Waals surface area contributed by atoms with Crippen molar-refractivity contribution in [3.63, 3.8) is 0 Å². The van der Waals surface area contributed by atoms with Crippen LogP contribution in [0.2, 0.25) is 0 Å². The molecule has 0 aliphatic carbocycles. The predicted molar refractivity (Wildman–Crippen MR) is 122 cm³/mol. The Morgan fingerprint density at radius 2 is 1.58 bits per heavy atom. The van der Waals surface area contributed by atoms with Gasteiger partial charge in [-0.1, -0.05) is 46.3 Å². The molecule has 0 heterocycles. The number of Topliss-reactive ketones (excluding diaryl/α,β-unsaturated/α-hetero) is 1. The largest absolute Gasteiger partial charge is 0.386 e. The van der Waals surface area contributed by atoms with Gasteiger partial charge >= 0.3 is 0 Å². The number of allylic oxidation sites excluding steroid dienone is 1. The van der Waals surface area contributed by atoms with E-state index >= 15 is 0 Å². The minimum Gasteiger partial charge on any atom is -0.386 e. The number of carbonyl (C=O) groups is 4. The Labute approximate surface area is 185 Å². The summed E-state index contributed by atoms with van der Waals surface area (Å²) in [4.78, 5) is 49.1. The summed E-state index contributed by atoms with van der Waals surface area (Å²) >= 11 is 0. The molecule has 0 aromatic heterocycles. The van der Waals surface area contributed by atoms with Gasteiger partial charge in [0, 0.05) is 18.9 Å². The van der Waals surface area contributed by atoms with Crippen LogP contribution in [-0.4, -0.2) is 48.7 Å². The third kappa shape index (κ3) is 12.5. The van der Waals surface area contributed by atoms with E-state index in [1.54, 1.807) is 13.8 Å². The fourth-order valence-electron chi connectivity index (χ4n) is 2.78. The van der Waals surface area contributed by atoms with E-state index in [9.17, 15) is 19.2 Å². The van der Waals surface area contributed by atoms with E-state index in [0.717, 1.165) is 12.8 Å². The van der Waals surface area contributed by atoms with Gasteiger partial charge in [-0.05, 0) is 19.3 Å². The van der Waals surface area contributed by atoms with Gasteiger partial charge < -0.3 is 27.0 Å². The molecule has 0 aliphatic heterocycles. The molecule has 0 saturated heterocycles. The van der Waals surface area contributed by atoms with Crippen LogP contribution >= 0.6 is 0 Å². The SMILES string of the molecule is C=CC(C)C(=O)[C@@H](CCCNC(=C)N)NC(=O)CNC(=O)[C@@H](CCCC)NC(=O)CC. The second-order valence-corrected chi connectivity index (χ2v) is 7.47. The topological polar surface area (TPSA) is 142 Å². The zero-order chi connectivity index (χ0) is 23.8. The van der Waals surface area contributed by atoms with Crippen LogP contribution in [0, 0.1) is 5.92 Å². The number of hydrogen-bond acceptors (Lipinski definition) is 6. The van der Waals surface area contributed by atoms with Gasteiger partial charge in [0.05, 0.1) is 18.4 Å². The number of amides is 3. The summed E-state index contributed by atoms with van der Waals surface area (Å²) in [5.74, 6) is -1.36. The molecule has 6 N–H and O–H groups in total. The lowest BCUT2D eigenvalue weighted by Gasteiger charge is -2.21. The second-order valence-electron chi connectivity index (χ2n) is 7.47. The van der Waals surface area contributed by atoms with Crippen molar-refractivity contribution in [2.24, 2.45) is 11.7 Å². The van der Waals surface area contributed by atoms with E-state index in [1.807, 2.05) is 6.92 Å². The highest BCUT2D eigenvalue weighted by Gasteiger charge is 2.25. The first-order chi connectivity index (χ1) is 14.7. The van der Waals surface area contributed by atoms with E-state index in [4.69, 9.17) is 5.73 Å². The summed E-state index contributed by atoms with van der Waals surface area (Å²) in [7, 11) is 0. The Hall–Kier alpha value is -2.84.